The lowest BCUT2D eigenvalue weighted by Crippen LogP contribution is -2.21. The molecule has 2 aromatic carbocycles. The summed E-state index contributed by atoms with van der Waals surface area (Å²) in [4.78, 5) is 21.9. The van der Waals surface area contributed by atoms with Crippen molar-refractivity contribution >= 4 is 11.9 Å². The van der Waals surface area contributed by atoms with Crippen molar-refractivity contribution in [3.8, 4) is 0 Å². The van der Waals surface area contributed by atoms with Gasteiger partial charge in [0, 0.05) is 12.8 Å². The summed E-state index contributed by atoms with van der Waals surface area (Å²) < 4.78 is 0. The normalized spacial score (nSPS) is 15.6. The molecule has 176 valence electrons. The average molecular weight is 449 g/mol. The van der Waals surface area contributed by atoms with Gasteiger partial charge in [0.05, 0.1) is 0 Å². The molecule has 2 aliphatic rings. The van der Waals surface area contributed by atoms with Gasteiger partial charge >= 0.3 is 11.9 Å². The van der Waals surface area contributed by atoms with Crippen LogP contribution in [0.2, 0.25) is 0 Å². The zero-order chi connectivity index (χ0) is 23.6. The van der Waals surface area contributed by atoms with Gasteiger partial charge in [-0.05, 0) is 114 Å². The van der Waals surface area contributed by atoms with Gasteiger partial charge in [-0.25, -0.2) is 0 Å². The fourth-order valence-electron chi connectivity index (χ4n) is 6.22. The Balaban J connectivity index is 1.52. The van der Waals surface area contributed by atoms with Gasteiger partial charge < -0.3 is 10.2 Å². The van der Waals surface area contributed by atoms with E-state index in [0.29, 0.717) is 12.8 Å². The van der Waals surface area contributed by atoms with Crippen LogP contribution in [0, 0.1) is 5.41 Å². The molecule has 0 atom stereocenters. The van der Waals surface area contributed by atoms with E-state index in [9.17, 15) is 9.59 Å². The first kappa shape index (κ1) is 23.5. The van der Waals surface area contributed by atoms with Crippen molar-refractivity contribution in [3.63, 3.8) is 0 Å². The second-order valence-electron chi connectivity index (χ2n) is 10.2. The number of carbonyl (C=O) groups is 2. The van der Waals surface area contributed by atoms with E-state index in [1.54, 1.807) is 0 Å². The van der Waals surface area contributed by atoms with Gasteiger partial charge in [0.1, 0.15) is 0 Å². The molecule has 2 aromatic rings. The number of carboxylic acid groups (broad SMARTS) is 2. The van der Waals surface area contributed by atoms with E-state index in [-0.39, 0.29) is 18.3 Å². The first-order valence-corrected chi connectivity index (χ1v) is 12.5. The van der Waals surface area contributed by atoms with Gasteiger partial charge in [-0.15, -0.1) is 0 Å². The van der Waals surface area contributed by atoms with E-state index in [0.717, 1.165) is 51.4 Å². The summed E-state index contributed by atoms with van der Waals surface area (Å²) in [6, 6.07) is 9.56. The van der Waals surface area contributed by atoms with Crippen molar-refractivity contribution in [2.75, 3.05) is 0 Å². The van der Waals surface area contributed by atoms with Crippen molar-refractivity contribution in [2.24, 2.45) is 5.41 Å². The first-order valence-electron chi connectivity index (χ1n) is 12.5. The molecular formula is C29H36O4. The third-order valence-electron chi connectivity index (χ3n) is 7.74. The molecule has 0 saturated carbocycles. The number of aryl methyl sites for hydroxylation is 4. The quantitative estimate of drug-likeness (QED) is 0.503. The third kappa shape index (κ3) is 5.15. The highest BCUT2D eigenvalue weighted by Gasteiger charge is 2.42. The van der Waals surface area contributed by atoms with E-state index in [1.165, 1.54) is 44.5 Å². The number of hydrogen-bond acceptors (Lipinski definition) is 2. The van der Waals surface area contributed by atoms with Gasteiger partial charge in [-0.3, -0.25) is 9.59 Å². The van der Waals surface area contributed by atoms with Crippen LogP contribution in [0.4, 0.5) is 0 Å². The van der Waals surface area contributed by atoms with E-state index < -0.39 is 11.9 Å². The number of fused-ring (bicyclic) bond motifs is 2. The lowest BCUT2D eigenvalue weighted by atomic mass is 9.82. The summed E-state index contributed by atoms with van der Waals surface area (Å²) in [7, 11) is 0. The summed E-state index contributed by atoms with van der Waals surface area (Å²) >= 11 is 0. The van der Waals surface area contributed by atoms with Crippen molar-refractivity contribution in [1.29, 1.82) is 0 Å². The molecule has 0 aromatic heterocycles. The predicted molar refractivity (Wildman–Crippen MR) is 130 cm³/mol. The maximum atomic E-state index is 10.9. The molecule has 0 fully saturated rings. The zero-order valence-electron chi connectivity index (χ0n) is 20.0. The number of hydrogen-bond donors (Lipinski definition) is 2. The van der Waals surface area contributed by atoms with Crippen LogP contribution in [0.1, 0.15) is 84.0 Å². The Morgan fingerprint density at radius 1 is 0.667 bits per heavy atom. The fraction of sp³-hybridized carbons (Fsp3) is 0.517. The summed E-state index contributed by atoms with van der Waals surface area (Å²) in [5.41, 5.74) is 11.6. The smallest absolute Gasteiger partial charge is 0.303 e. The molecule has 0 amide bonds. The molecule has 4 heteroatoms. The molecule has 4 nitrogen and oxygen atoms in total. The molecule has 0 unspecified atom stereocenters. The van der Waals surface area contributed by atoms with Crippen LogP contribution >= 0.6 is 0 Å². The Kier molecular flexibility index (Phi) is 6.92. The van der Waals surface area contributed by atoms with Crippen LogP contribution in [-0.2, 0) is 61.0 Å². The first-order chi connectivity index (χ1) is 15.8. The molecule has 0 saturated heterocycles. The lowest BCUT2D eigenvalue weighted by Gasteiger charge is -2.22. The molecular weight excluding hydrogens is 412 g/mol. The summed E-state index contributed by atoms with van der Waals surface area (Å²) in [5.74, 6) is -1.43. The van der Waals surface area contributed by atoms with E-state index in [4.69, 9.17) is 10.2 Å². The topological polar surface area (TPSA) is 74.6 Å². The lowest BCUT2D eigenvalue weighted by molar-refractivity contribution is -0.138. The Bertz CT molecular complexity index is 980. The van der Waals surface area contributed by atoms with Crippen LogP contribution in [0.25, 0.3) is 0 Å². The van der Waals surface area contributed by atoms with Crippen molar-refractivity contribution in [3.05, 3.63) is 68.8 Å². The monoisotopic (exact) mass is 448 g/mol. The molecule has 0 aliphatic heterocycles. The van der Waals surface area contributed by atoms with Gasteiger partial charge in [0.2, 0.25) is 0 Å². The molecule has 4 rings (SSSR count). The summed E-state index contributed by atoms with van der Waals surface area (Å²) in [6.07, 6.45) is 9.96. The SMILES string of the molecule is CCc1cc2c(cc1CCCC(=O)O)CC1(C2)Cc2cc(CC)c(CCCC(=O)O)cc2C1. The maximum Gasteiger partial charge on any atom is 0.303 e. The highest BCUT2D eigenvalue weighted by atomic mass is 16.4. The van der Waals surface area contributed by atoms with Crippen molar-refractivity contribution in [1.82, 2.24) is 0 Å². The van der Waals surface area contributed by atoms with Gasteiger partial charge in [-0.2, -0.15) is 0 Å². The van der Waals surface area contributed by atoms with Crippen molar-refractivity contribution in [2.45, 2.75) is 90.9 Å². The maximum absolute atomic E-state index is 10.9. The third-order valence-corrected chi connectivity index (χ3v) is 7.74. The predicted octanol–water partition coefficient (Wildman–Crippen LogP) is 5.51. The number of carboxylic acids is 2. The average Bonchev–Trinajstić information content (AvgIpc) is 3.28. The molecule has 0 bridgehead atoms. The highest BCUT2D eigenvalue weighted by molar-refractivity contribution is 5.67. The minimum absolute atomic E-state index is 0.230. The van der Waals surface area contributed by atoms with E-state index in [1.807, 2.05) is 0 Å². The van der Waals surface area contributed by atoms with Gasteiger partial charge in [-0.1, -0.05) is 38.1 Å². The van der Waals surface area contributed by atoms with Crippen LogP contribution < -0.4 is 0 Å². The molecule has 0 heterocycles. The van der Waals surface area contributed by atoms with Crippen molar-refractivity contribution < 1.29 is 19.8 Å². The Morgan fingerprint density at radius 3 is 1.30 bits per heavy atom. The van der Waals surface area contributed by atoms with Crippen LogP contribution in [-0.4, -0.2) is 22.2 Å². The largest absolute Gasteiger partial charge is 0.481 e. The highest BCUT2D eigenvalue weighted by Crippen LogP contribution is 2.48. The van der Waals surface area contributed by atoms with Gasteiger partial charge in [0.15, 0.2) is 0 Å². The number of benzene rings is 2. The fourth-order valence-corrected chi connectivity index (χ4v) is 6.22. The summed E-state index contributed by atoms with van der Waals surface area (Å²) in [5, 5.41) is 18.0. The van der Waals surface area contributed by atoms with Gasteiger partial charge in [0.25, 0.3) is 0 Å². The zero-order valence-corrected chi connectivity index (χ0v) is 20.0. The van der Waals surface area contributed by atoms with Crippen LogP contribution in [0.5, 0.6) is 0 Å². The standard InChI is InChI=1S/C29H36O4/c1-3-19-11-23-15-29(17-25(23)13-21(19)7-5-9-27(30)31)16-24-12-20(4-2)22(14-26(24)18-29)8-6-10-28(32)33/h11-14H,3-10,15-18H2,1-2H3,(H,30,31)(H,32,33). The number of rotatable bonds is 10. The van der Waals surface area contributed by atoms with E-state index in [2.05, 4.69) is 38.1 Å². The Hall–Kier alpha value is -2.62. The minimum atomic E-state index is -0.717. The molecule has 2 N–H and O–H groups in total. The Morgan fingerprint density at radius 2 is 1.00 bits per heavy atom. The number of aliphatic carboxylic acids is 2. The molecule has 33 heavy (non-hydrogen) atoms. The van der Waals surface area contributed by atoms with Crippen LogP contribution in [0.15, 0.2) is 24.3 Å². The molecule has 1 spiro atoms. The second kappa shape index (κ2) is 9.70. The molecule has 0 radical (unpaired) electrons. The summed E-state index contributed by atoms with van der Waals surface area (Å²) in [6.45, 7) is 4.38. The van der Waals surface area contributed by atoms with E-state index >= 15 is 0 Å². The minimum Gasteiger partial charge on any atom is -0.481 e. The second-order valence-corrected chi connectivity index (χ2v) is 10.2. The Labute approximate surface area is 197 Å². The van der Waals surface area contributed by atoms with Crippen LogP contribution in [0.3, 0.4) is 0 Å². The molecule has 2 aliphatic carbocycles.